The summed E-state index contributed by atoms with van der Waals surface area (Å²) in [6.45, 7) is 0.956. The van der Waals surface area contributed by atoms with Crippen LogP contribution in [0.15, 0.2) is 22.7 Å². The van der Waals surface area contributed by atoms with Crippen LogP contribution in [0, 0.1) is 0 Å². The summed E-state index contributed by atoms with van der Waals surface area (Å²) in [4.78, 5) is 2.60. The molecule has 2 unspecified atom stereocenters. The summed E-state index contributed by atoms with van der Waals surface area (Å²) < 4.78 is 1.16. The molecule has 4 rings (SSSR count). The van der Waals surface area contributed by atoms with E-state index in [0.29, 0.717) is 12.1 Å². The average molecular weight is 351 g/mol. The lowest BCUT2D eigenvalue weighted by Crippen LogP contribution is -2.45. The Bertz CT molecular complexity index is 518. The number of rotatable bonds is 4. The number of aliphatic hydroxyl groups excluding tert-OH is 1. The van der Waals surface area contributed by atoms with Crippen molar-refractivity contribution in [2.45, 2.75) is 69.3 Å². The Balaban J connectivity index is 1.61. The van der Waals surface area contributed by atoms with Crippen LogP contribution < -0.4 is 10.2 Å². The topological polar surface area (TPSA) is 35.5 Å². The lowest BCUT2D eigenvalue weighted by Gasteiger charge is -2.40. The highest BCUT2D eigenvalue weighted by atomic mass is 79.9. The van der Waals surface area contributed by atoms with Gasteiger partial charge >= 0.3 is 0 Å². The second-order valence-electron chi connectivity index (χ2n) is 6.85. The molecule has 114 valence electrons. The largest absolute Gasteiger partial charge is 0.393 e. The third-order valence-electron chi connectivity index (χ3n) is 5.19. The molecule has 2 heterocycles. The van der Waals surface area contributed by atoms with E-state index in [9.17, 15) is 5.11 Å². The van der Waals surface area contributed by atoms with Crippen LogP contribution in [0.1, 0.15) is 44.1 Å². The number of nitrogens with zero attached hydrogens (tertiary/aromatic N) is 1. The summed E-state index contributed by atoms with van der Waals surface area (Å²) >= 11 is 3.61. The standard InChI is InChI=1S/C17H23BrN2O/c18-12-1-6-17(11(7-12)10-19-13-2-3-13)20-14-4-5-15(20)9-16(21)8-14/h1,6-7,13-16,19,21H,2-5,8-10H2. The normalized spacial score (nSPS) is 31.7. The minimum absolute atomic E-state index is 0.0952. The Morgan fingerprint density at radius 2 is 1.86 bits per heavy atom. The van der Waals surface area contributed by atoms with E-state index in [-0.39, 0.29) is 6.10 Å². The molecular formula is C17H23BrN2O. The van der Waals surface area contributed by atoms with Crippen molar-refractivity contribution >= 4 is 21.6 Å². The molecule has 0 radical (unpaired) electrons. The maximum absolute atomic E-state index is 10.0. The SMILES string of the molecule is OC1CC2CCC(C1)N2c1ccc(Br)cc1CNC1CC1. The van der Waals surface area contributed by atoms with Gasteiger partial charge < -0.3 is 15.3 Å². The summed E-state index contributed by atoms with van der Waals surface area (Å²) in [5, 5.41) is 13.6. The van der Waals surface area contributed by atoms with E-state index in [0.717, 1.165) is 29.9 Å². The fourth-order valence-corrected chi connectivity index (χ4v) is 4.44. The lowest BCUT2D eigenvalue weighted by molar-refractivity contribution is 0.126. The van der Waals surface area contributed by atoms with Crippen molar-refractivity contribution in [3.8, 4) is 0 Å². The third kappa shape index (κ3) is 2.86. The zero-order chi connectivity index (χ0) is 14.4. The van der Waals surface area contributed by atoms with Gasteiger partial charge in [0.05, 0.1) is 6.10 Å². The Kier molecular flexibility index (Phi) is 3.72. The molecule has 0 spiro atoms. The van der Waals surface area contributed by atoms with Crippen LogP contribution in [-0.4, -0.2) is 29.3 Å². The van der Waals surface area contributed by atoms with Gasteiger partial charge in [0.25, 0.3) is 0 Å². The monoisotopic (exact) mass is 350 g/mol. The van der Waals surface area contributed by atoms with Gasteiger partial charge in [-0.05, 0) is 62.3 Å². The minimum Gasteiger partial charge on any atom is -0.393 e. The molecule has 0 aromatic heterocycles. The number of hydrogen-bond acceptors (Lipinski definition) is 3. The molecule has 2 N–H and O–H groups in total. The summed E-state index contributed by atoms with van der Waals surface area (Å²) in [5.41, 5.74) is 2.77. The van der Waals surface area contributed by atoms with E-state index in [2.05, 4.69) is 44.3 Å². The molecule has 2 saturated heterocycles. The van der Waals surface area contributed by atoms with E-state index in [1.54, 1.807) is 0 Å². The molecule has 3 nitrogen and oxygen atoms in total. The van der Waals surface area contributed by atoms with Gasteiger partial charge in [0.15, 0.2) is 0 Å². The zero-order valence-corrected chi connectivity index (χ0v) is 13.8. The molecule has 1 saturated carbocycles. The maximum atomic E-state index is 10.0. The number of fused-ring (bicyclic) bond motifs is 2. The highest BCUT2D eigenvalue weighted by Gasteiger charge is 2.40. The van der Waals surface area contributed by atoms with Crippen LogP contribution in [0.3, 0.4) is 0 Å². The first-order chi connectivity index (χ1) is 10.2. The van der Waals surface area contributed by atoms with Crippen molar-refractivity contribution in [2.75, 3.05) is 4.90 Å². The van der Waals surface area contributed by atoms with Gasteiger partial charge in [-0.15, -0.1) is 0 Å². The number of benzene rings is 1. The van der Waals surface area contributed by atoms with E-state index in [4.69, 9.17) is 0 Å². The quantitative estimate of drug-likeness (QED) is 0.875. The molecule has 1 aromatic rings. The molecule has 3 aliphatic rings. The van der Waals surface area contributed by atoms with Crippen LogP contribution in [0.25, 0.3) is 0 Å². The number of hydrogen-bond donors (Lipinski definition) is 2. The molecule has 0 amide bonds. The van der Waals surface area contributed by atoms with E-state index >= 15 is 0 Å². The highest BCUT2D eigenvalue weighted by Crippen LogP contribution is 2.41. The molecule has 21 heavy (non-hydrogen) atoms. The van der Waals surface area contributed by atoms with E-state index in [1.165, 1.54) is 36.9 Å². The number of halogens is 1. The van der Waals surface area contributed by atoms with Crippen molar-refractivity contribution in [2.24, 2.45) is 0 Å². The molecule has 2 aliphatic heterocycles. The Morgan fingerprint density at radius 1 is 1.14 bits per heavy atom. The smallest absolute Gasteiger partial charge is 0.0579 e. The van der Waals surface area contributed by atoms with Crippen LogP contribution in [0.5, 0.6) is 0 Å². The Labute approximate surface area is 134 Å². The lowest BCUT2D eigenvalue weighted by atomic mass is 9.97. The highest BCUT2D eigenvalue weighted by molar-refractivity contribution is 9.10. The first kappa shape index (κ1) is 14.0. The first-order valence-electron chi connectivity index (χ1n) is 8.19. The molecule has 4 heteroatoms. The van der Waals surface area contributed by atoms with Crippen molar-refractivity contribution in [1.29, 1.82) is 0 Å². The number of nitrogens with one attached hydrogen (secondary N) is 1. The summed E-state index contributed by atoms with van der Waals surface area (Å²) in [7, 11) is 0. The van der Waals surface area contributed by atoms with Crippen LogP contribution in [0.4, 0.5) is 5.69 Å². The molecule has 1 aromatic carbocycles. The van der Waals surface area contributed by atoms with Gasteiger partial charge in [0.1, 0.15) is 0 Å². The summed E-state index contributed by atoms with van der Waals surface area (Å²) in [6, 6.07) is 8.46. The number of anilines is 1. The van der Waals surface area contributed by atoms with E-state index < -0.39 is 0 Å². The fraction of sp³-hybridized carbons (Fsp3) is 0.647. The summed E-state index contributed by atoms with van der Waals surface area (Å²) in [6.07, 6.45) is 6.88. The fourth-order valence-electron chi connectivity index (χ4n) is 4.03. The predicted octanol–water partition coefficient (Wildman–Crippen LogP) is 3.19. The van der Waals surface area contributed by atoms with Crippen molar-refractivity contribution < 1.29 is 5.11 Å². The van der Waals surface area contributed by atoms with Gasteiger partial charge in [0.2, 0.25) is 0 Å². The van der Waals surface area contributed by atoms with Crippen molar-refractivity contribution in [3.05, 3.63) is 28.2 Å². The molecule has 2 bridgehead atoms. The van der Waals surface area contributed by atoms with Gasteiger partial charge in [-0.25, -0.2) is 0 Å². The van der Waals surface area contributed by atoms with Gasteiger partial charge in [-0.2, -0.15) is 0 Å². The molecule has 1 aliphatic carbocycles. The van der Waals surface area contributed by atoms with Gasteiger partial charge in [0, 0.05) is 34.8 Å². The second kappa shape index (κ2) is 5.56. The predicted molar refractivity (Wildman–Crippen MR) is 88.5 cm³/mol. The van der Waals surface area contributed by atoms with Crippen LogP contribution in [0.2, 0.25) is 0 Å². The Hall–Kier alpha value is -0.580. The number of piperidine rings is 1. The van der Waals surface area contributed by atoms with Crippen molar-refractivity contribution in [1.82, 2.24) is 5.32 Å². The zero-order valence-electron chi connectivity index (χ0n) is 12.3. The van der Waals surface area contributed by atoms with E-state index in [1.807, 2.05) is 0 Å². The van der Waals surface area contributed by atoms with Gasteiger partial charge in [-0.1, -0.05) is 15.9 Å². The summed E-state index contributed by atoms with van der Waals surface area (Å²) in [5.74, 6) is 0. The molecule has 3 fully saturated rings. The first-order valence-corrected chi connectivity index (χ1v) is 8.98. The second-order valence-corrected chi connectivity index (χ2v) is 7.76. The van der Waals surface area contributed by atoms with Crippen molar-refractivity contribution in [3.63, 3.8) is 0 Å². The number of aliphatic hydroxyl groups is 1. The molecular weight excluding hydrogens is 328 g/mol. The average Bonchev–Trinajstić information content (AvgIpc) is 3.23. The minimum atomic E-state index is -0.0952. The molecule has 2 atom stereocenters. The third-order valence-corrected chi connectivity index (χ3v) is 5.68. The van der Waals surface area contributed by atoms with Gasteiger partial charge in [-0.3, -0.25) is 0 Å². The van der Waals surface area contributed by atoms with Crippen LogP contribution in [-0.2, 0) is 6.54 Å². The van der Waals surface area contributed by atoms with Crippen LogP contribution >= 0.6 is 15.9 Å². The Morgan fingerprint density at radius 3 is 2.52 bits per heavy atom. The maximum Gasteiger partial charge on any atom is 0.0579 e.